The summed E-state index contributed by atoms with van der Waals surface area (Å²) < 4.78 is 0. The average molecular weight is 361 g/mol. The van der Waals surface area contributed by atoms with Crippen molar-refractivity contribution in [1.82, 2.24) is 4.90 Å². The monoisotopic (exact) mass is 361 g/mol. The first-order chi connectivity index (χ1) is 13.2. The highest BCUT2D eigenvalue weighted by Crippen LogP contribution is 2.35. The Kier molecular flexibility index (Phi) is 4.88. The van der Waals surface area contributed by atoms with Crippen LogP contribution in [0.5, 0.6) is 0 Å². The van der Waals surface area contributed by atoms with Crippen molar-refractivity contribution in [2.24, 2.45) is 5.92 Å². The molecule has 0 bridgehead atoms. The normalized spacial score (nSPS) is 18.4. The maximum Gasteiger partial charge on any atom is 0.262 e. The molecule has 138 valence electrons. The minimum Gasteiger partial charge on any atom is -0.299 e. The summed E-state index contributed by atoms with van der Waals surface area (Å²) in [5, 5.41) is 0. The molecule has 1 aliphatic heterocycles. The second-order valence-corrected chi connectivity index (χ2v) is 7.46. The number of amides is 2. The van der Waals surface area contributed by atoms with E-state index in [2.05, 4.69) is 0 Å². The molecule has 1 aliphatic carbocycles. The molecule has 2 amide bonds. The molecule has 0 spiro atoms. The number of hydrogen-bond donors (Lipinski definition) is 0. The molecule has 4 nitrogen and oxygen atoms in total. The molecule has 1 fully saturated rings. The van der Waals surface area contributed by atoms with Crippen molar-refractivity contribution in [3.05, 3.63) is 71.3 Å². The molecule has 27 heavy (non-hydrogen) atoms. The standard InChI is InChI=1S/C23H23NO3/c25-21(17-11-5-2-6-12-17)15-20(16-9-3-1-4-10-16)24-22(26)18-13-7-8-14-19(18)23(24)27/h1,3-4,7-10,13-14,17,20H,2,5-6,11-12,15H2. The largest absolute Gasteiger partial charge is 0.299 e. The lowest BCUT2D eigenvalue weighted by Gasteiger charge is -2.28. The van der Waals surface area contributed by atoms with Gasteiger partial charge in [0, 0.05) is 12.3 Å². The lowest BCUT2D eigenvalue weighted by Crippen LogP contribution is -2.36. The number of imide groups is 1. The Morgan fingerprint density at radius 3 is 2.00 bits per heavy atom. The summed E-state index contributed by atoms with van der Waals surface area (Å²) in [4.78, 5) is 40.2. The van der Waals surface area contributed by atoms with Crippen LogP contribution in [0.25, 0.3) is 0 Å². The minimum absolute atomic E-state index is 0.0557. The summed E-state index contributed by atoms with van der Waals surface area (Å²) in [6.45, 7) is 0. The van der Waals surface area contributed by atoms with E-state index in [1.165, 1.54) is 11.3 Å². The second kappa shape index (κ2) is 7.47. The number of rotatable bonds is 5. The number of hydrogen-bond acceptors (Lipinski definition) is 3. The highest BCUT2D eigenvalue weighted by Gasteiger charge is 2.41. The van der Waals surface area contributed by atoms with Crippen LogP contribution < -0.4 is 0 Å². The fourth-order valence-electron chi connectivity index (χ4n) is 4.31. The van der Waals surface area contributed by atoms with E-state index in [4.69, 9.17) is 0 Å². The molecule has 1 saturated carbocycles. The fraction of sp³-hybridized carbons (Fsp3) is 0.348. The highest BCUT2D eigenvalue weighted by atomic mass is 16.2. The highest BCUT2D eigenvalue weighted by molar-refractivity contribution is 6.21. The van der Waals surface area contributed by atoms with Gasteiger partial charge in [-0.05, 0) is 30.5 Å². The summed E-state index contributed by atoms with van der Waals surface area (Å²) in [6, 6.07) is 15.8. The Balaban J connectivity index is 1.66. The van der Waals surface area contributed by atoms with Crippen LogP contribution in [0, 0.1) is 5.92 Å². The van der Waals surface area contributed by atoms with Crippen LogP contribution in [-0.4, -0.2) is 22.5 Å². The molecule has 0 aromatic heterocycles. The van der Waals surface area contributed by atoms with Crippen molar-refractivity contribution in [3.8, 4) is 0 Å². The molecule has 0 N–H and O–H groups in total. The molecule has 1 atom stereocenters. The molecule has 4 heteroatoms. The van der Waals surface area contributed by atoms with E-state index in [-0.39, 0.29) is 29.9 Å². The zero-order chi connectivity index (χ0) is 18.8. The van der Waals surface area contributed by atoms with Crippen LogP contribution in [0.15, 0.2) is 54.6 Å². The number of benzene rings is 2. The Labute approximate surface area is 159 Å². The molecule has 0 radical (unpaired) electrons. The van der Waals surface area contributed by atoms with Crippen LogP contribution in [0.4, 0.5) is 0 Å². The number of fused-ring (bicyclic) bond motifs is 1. The number of nitrogens with zero attached hydrogens (tertiary/aromatic N) is 1. The van der Waals surface area contributed by atoms with Gasteiger partial charge in [0.2, 0.25) is 0 Å². The van der Waals surface area contributed by atoms with E-state index < -0.39 is 6.04 Å². The van der Waals surface area contributed by atoms with Crippen molar-refractivity contribution in [2.45, 2.75) is 44.6 Å². The number of ketones is 1. The van der Waals surface area contributed by atoms with E-state index in [1.54, 1.807) is 24.3 Å². The van der Waals surface area contributed by atoms with Gasteiger partial charge < -0.3 is 0 Å². The smallest absolute Gasteiger partial charge is 0.262 e. The van der Waals surface area contributed by atoms with Gasteiger partial charge in [-0.1, -0.05) is 61.7 Å². The van der Waals surface area contributed by atoms with Crippen LogP contribution in [0.1, 0.15) is 70.8 Å². The molecular weight excluding hydrogens is 338 g/mol. The van der Waals surface area contributed by atoms with Crippen molar-refractivity contribution in [2.75, 3.05) is 0 Å². The third-order valence-electron chi connectivity index (χ3n) is 5.78. The van der Waals surface area contributed by atoms with Gasteiger partial charge >= 0.3 is 0 Å². The number of carbonyl (C=O) groups is 3. The molecule has 0 saturated heterocycles. The predicted octanol–water partition coefficient (Wildman–Crippen LogP) is 4.56. The average Bonchev–Trinajstić information content (AvgIpc) is 2.98. The van der Waals surface area contributed by atoms with E-state index in [0.717, 1.165) is 31.2 Å². The van der Waals surface area contributed by atoms with E-state index in [1.807, 2.05) is 30.3 Å². The predicted molar refractivity (Wildman–Crippen MR) is 102 cm³/mol. The fourth-order valence-corrected chi connectivity index (χ4v) is 4.31. The van der Waals surface area contributed by atoms with Gasteiger partial charge in [-0.25, -0.2) is 0 Å². The quantitative estimate of drug-likeness (QED) is 0.734. The first kappa shape index (κ1) is 17.7. The topological polar surface area (TPSA) is 54.5 Å². The van der Waals surface area contributed by atoms with Crippen LogP contribution >= 0.6 is 0 Å². The molecule has 1 unspecified atom stereocenters. The first-order valence-electron chi connectivity index (χ1n) is 9.71. The second-order valence-electron chi connectivity index (χ2n) is 7.46. The maximum absolute atomic E-state index is 13.0. The van der Waals surface area contributed by atoms with Gasteiger partial charge in [0.25, 0.3) is 11.8 Å². The summed E-state index contributed by atoms with van der Waals surface area (Å²) in [7, 11) is 0. The van der Waals surface area contributed by atoms with Crippen molar-refractivity contribution < 1.29 is 14.4 Å². The van der Waals surface area contributed by atoms with Gasteiger partial charge in [-0.3, -0.25) is 19.3 Å². The third kappa shape index (κ3) is 3.32. The van der Waals surface area contributed by atoms with Crippen LogP contribution in [-0.2, 0) is 4.79 Å². The Hall–Kier alpha value is -2.75. The van der Waals surface area contributed by atoms with E-state index in [0.29, 0.717) is 11.1 Å². The SMILES string of the molecule is O=C(CC(c1ccccc1)N1C(=O)c2ccccc2C1=O)C1CCCCC1. The molecular formula is C23H23NO3. The Bertz CT molecular complexity index is 833. The first-order valence-corrected chi connectivity index (χ1v) is 9.71. The van der Waals surface area contributed by atoms with Gasteiger partial charge in [0.05, 0.1) is 17.2 Å². The van der Waals surface area contributed by atoms with Gasteiger partial charge in [0.15, 0.2) is 0 Å². The lowest BCUT2D eigenvalue weighted by atomic mass is 9.83. The zero-order valence-electron chi connectivity index (χ0n) is 15.3. The van der Waals surface area contributed by atoms with E-state index >= 15 is 0 Å². The molecule has 2 aromatic carbocycles. The summed E-state index contributed by atoms with van der Waals surface area (Å²) in [5.74, 6) is -0.387. The molecule has 1 heterocycles. The van der Waals surface area contributed by atoms with Crippen LogP contribution in [0.2, 0.25) is 0 Å². The van der Waals surface area contributed by atoms with Crippen LogP contribution in [0.3, 0.4) is 0 Å². The number of Topliss-reactive ketones (excluding diaryl/α,β-unsaturated/α-hetero) is 1. The summed E-state index contributed by atoms with van der Waals surface area (Å²) >= 11 is 0. The Morgan fingerprint density at radius 1 is 0.852 bits per heavy atom. The van der Waals surface area contributed by atoms with E-state index in [9.17, 15) is 14.4 Å². The van der Waals surface area contributed by atoms with Gasteiger partial charge in [-0.2, -0.15) is 0 Å². The van der Waals surface area contributed by atoms with Crippen molar-refractivity contribution >= 4 is 17.6 Å². The molecule has 4 rings (SSSR count). The minimum atomic E-state index is -0.548. The van der Waals surface area contributed by atoms with Gasteiger partial charge in [-0.15, -0.1) is 0 Å². The Morgan fingerprint density at radius 2 is 1.41 bits per heavy atom. The number of carbonyl (C=O) groups excluding carboxylic acids is 3. The summed E-state index contributed by atoms with van der Waals surface area (Å²) in [6.07, 6.45) is 5.38. The summed E-state index contributed by atoms with van der Waals surface area (Å²) in [5.41, 5.74) is 1.68. The zero-order valence-corrected chi connectivity index (χ0v) is 15.3. The maximum atomic E-state index is 13.0. The lowest BCUT2D eigenvalue weighted by molar-refractivity contribution is -0.124. The van der Waals surface area contributed by atoms with Crippen molar-refractivity contribution in [3.63, 3.8) is 0 Å². The molecule has 2 aliphatic rings. The van der Waals surface area contributed by atoms with Gasteiger partial charge in [0.1, 0.15) is 5.78 Å². The third-order valence-corrected chi connectivity index (χ3v) is 5.78. The molecule has 2 aromatic rings. The van der Waals surface area contributed by atoms with Crippen molar-refractivity contribution in [1.29, 1.82) is 0 Å².